The molecule has 0 radical (unpaired) electrons. The average molecular weight is 302 g/mol. The summed E-state index contributed by atoms with van der Waals surface area (Å²) in [5.41, 5.74) is 6.07. The first kappa shape index (κ1) is 13.9. The van der Waals surface area contributed by atoms with Crippen molar-refractivity contribution in [3.8, 4) is 0 Å². The zero-order valence-electron chi connectivity index (χ0n) is 13.0. The van der Waals surface area contributed by atoms with E-state index >= 15 is 0 Å². The van der Waals surface area contributed by atoms with Crippen LogP contribution in [0, 0.1) is 6.92 Å². The number of fused-ring (bicyclic) bond motifs is 1. The normalized spacial score (nSPS) is 19.7. The Labute approximate surface area is 135 Å². The molecule has 23 heavy (non-hydrogen) atoms. The maximum atomic E-state index is 12.6. The van der Waals surface area contributed by atoms with Crippen LogP contribution < -0.4 is 5.32 Å². The van der Waals surface area contributed by atoms with E-state index in [-0.39, 0.29) is 11.7 Å². The van der Waals surface area contributed by atoms with Crippen LogP contribution in [0.25, 0.3) is 0 Å². The molecule has 1 N–H and O–H groups in total. The lowest BCUT2D eigenvalue weighted by Gasteiger charge is -2.26. The largest absolute Gasteiger partial charge is 0.356 e. The van der Waals surface area contributed by atoms with Gasteiger partial charge < -0.3 is 5.32 Å². The molecular weight excluding hydrogens is 284 g/mol. The van der Waals surface area contributed by atoms with Crippen molar-refractivity contribution in [2.45, 2.75) is 25.7 Å². The number of hydrogen-bond donors (Lipinski definition) is 1. The number of carbonyl (C=O) groups is 1. The highest BCUT2D eigenvalue weighted by molar-refractivity contribution is 6.16. The minimum Gasteiger partial charge on any atom is -0.356 e. The number of para-hydroxylation sites is 2. The highest BCUT2D eigenvalue weighted by Crippen LogP contribution is 2.38. The number of carbonyl (C=O) groups excluding carboxylic acids is 1. The second-order valence-electron chi connectivity index (χ2n) is 6.18. The van der Waals surface area contributed by atoms with E-state index in [4.69, 9.17) is 0 Å². The number of ketones is 1. The minimum atomic E-state index is 0.170. The van der Waals surface area contributed by atoms with Gasteiger partial charge >= 0.3 is 0 Å². The Hall–Kier alpha value is -2.68. The van der Waals surface area contributed by atoms with Crippen molar-refractivity contribution in [3.63, 3.8) is 0 Å². The smallest absolute Gasteiger partial charge is 0.166 e. The summed E-state index contributed by atoms with van der Waals surface area (Å²) in [6.07, 6.45) is 3.12. The summed E-state index contributed by atoms with van der Waals surface area (Å²) in [5, 5.41) is 3.44. The van der Waals surface area contributed by atoms with Crippen molar-refractivity contribution in [1.29, 1.82) is 0 Å². The van der Waals surface area contributed by atoms with Crippen LogP contribution in [0.2, 0.25) is 0 Å². The quantitative estimate of drug-likeness (QED) is 0.841. The van der Waals surface area contributed by atoms with E-state index in [1.807, 2.05) is 36.4 Å². The molecule has 0 amide bonds. The molecule has 1 heterocycles. The Morgan fingerprint density at radius 3 is 2.70 bits per heavy atom. The number of allylic oxidation sites excluding steroid dienone is 2. The summed E-state index contributed by atoms with van der Waals surface area (Å²) in [5.74, 6) is 0.400. The van der Waals surface area contributed by atoms with Gasteiger partial charge in [-0.05, 0) is 42.5 Å². The Bertz CT molecular complexity index is 848. The molecule has 1 atom stereocenters. The number of anilines is 1. The summed E-state index contributed by atoms with van der Waals surface area (Å²) < 4.78 is 0. The molecule has 0 fully saturated rings. The van der Waals surface area contributed by atoms with Crippen LogP contribution >= 0.6 is 0 Å². The molecule has 0 bridgehead atoms. The molecule has 0 saturated carbocycles. The predicted molar refractivity (Wildman–Crippen MR) is 93.4 cm³/mol. The predicted octanol–water partition coefficient (Wildman–Crippen LogP) is 4.52. The first-order valence-electron chi connectivity index (χ1n) is 7.94. The number of Topliss-reactive ketones (excluding diaryl/α,β-unsaturated/α-hetero) is 1. The zero-order valence-corrected chi connectivity index (χ0v) is 13.0. The summed E-state index contributed by atoms with van der Waals surface area (Å²) in [7, 11) is 0. The highest BCUT2D eigenvalue weighted by Gasteiger charge is 2.29. The van der Waals surface area contributed by atoms with Crippen molar-refractivity contribution in [3.05, 3.63) is 70.9 Å². The molecule has 2 aromatic carbocycles. The maximum Gasteiger partial charge on any atom is 0.166 e. The molecule has 0 aromatic heterocycles. The van der Waals surface area contributed by atoms with Crippen molar-refractivity contribution in [1.82, 2.24) is 0 Å². The zero-order chi connectivity index (χ0) is 15.8. The van der Waals surface area contributed by atoms with Gasteiger partial charge in [-0.3, -0.25) is 9.79 Å². The molecule has 2 aliphatic rings. The third-order valence-corrected chi connectivity index (χ3v) is 4.66. The van der Waals surface area contributed by atoms with Crippen LogP contribution in [0.1, 0.15) is 29.9 Å². The fraction of sp³-hybridized carbons (Fsp3) is 0.200. The van der Waals surface area contributed by atoms with Gasteiger partial charge in [-0.25, -0.2) is 0 Å². The standard InChI is InChI=1S/C20H18N2O/c1-13-6-2-3-7-15(13)14-10-19-16(20(23)11-14)12-21-17-8-4-5-9-18(17)22-19/h2-9,12,14,22H,10-11H2,1H3. The van der Waals surface area contributed by atoms with E-state index in [0.29, 0.717) is 6.42 Å². The number of aliphatic imine (C=N–C) groups is 1. The number of aryl methyl sites for hydroxylation is 1. The van der Waals surface area contributed by atoms with E-state index in [1.165, 1.54) is 11.1 Å². The molecule has 2 aromatic rings. The van der Waals surface area contributed by atoms with E-state index in [1.54, 1.807) is 6.21 Å². The van der Waals surface area contributed by atoms with Crippen LogP contribution in [0.4, 0.5) is 11.4 Å². The first-order chi connectivity index (χ1) is 11.2. The van der Waals surface area contributed by atoms with Crippen LogP contribution in [-0.2, 0) is 4.79 Å². The second kappa shape index (κ2) is 5.51. The van der Waals surface area contributed by atoms with Gasteiger partial charge in [-0.2, -0.15) is 0 Å². The maximum absolute atomic E-state index is 12.6. The van der Waals surface area contributed by atoms with Crippen molar-refractivity contribution in [2.75, 3.05) is 5.32 Å². The van der Waals surface area contributed by atoms with Gasteiger partial charge in [0.2, 0.25) is 0 Å². The molecule has 1 unspecified atom stereocenters. The first-order valence-corrected chi connectivity index (χ1v) is 7.94. The summed E-state index contributed by atoms with van der Waals surface area (Å²) >= 11 is 0. The Kier molecular flexibility index (Phi) is 3.34. The van der Waals surface area contributed by atoms with Gasteiger partial charge in [0.1, 0.15) is 0 Å². The lowest BCUT2D eigenvalue weighted by Crippen LogP contribution is -2.22. The summed E-state index contributed by atoms with van der Waals surface area (Å²) in [4.78, 5) is 17.1. The second-order valence-corrected chi connectivity index (χ2v) is 6.18. The Balaban J connectivity index is 1.72. The fourth-order valence-corrected chi connectivity index (χ4v) is 3.45. The van der Waals surface area contributed by atoms with Gasteiger partial charge in [-0.1, -0.05) is 36.4 Å². The number of rotatable bonds is 1. The third kappa shape index (κ3) is 2.48. The van der Waals surface area contributed by atoms with Crippen molar-refractivity contribution in [2.24, 2.45) is 4.99 Å². The fourth-order valence-electron chi connectivity index (χ4n) is 3.45. The summed E-state index contributed by atoms with van der Waals surface area (Å²) in [6.45, 7) is 2.11. The van der Waals surface area contributed by atoms with Crippen molar-refractivity contribution >= 4 is 23.4 Å². The molecular formula is C20H18N2O. The Morgan fingerprint density at radius 2 is 1.83 bits per heavy atom. The third-order valence-electron chi connectivity index (χ3n) is 4.66. The van der Waals surface area contributed by atoms with Gasteiger partial charge in [0.15, 0.2) is 5.78 Å². The van der Waals surface area contributed by atoms with E-state index < -0.39 is 0 Å². The molecule has 3 heteroatoms. The van der Waals surface area contributed by atoms with E-state index in [9.17, 15) is 4.79 Å². The van der Waals surface area contributed by atoms with Crippen molar-refractivity contribution < 1.29 is 4.79 Å². The summed E-state index contributed by atoms with van der Waals surface area (Å²) in [6, 6.07) is 16.2. The lowest BCUT2D eigenvalue weighted by molar-refractivity contribution is -0.115. The molecule has 1 aliphatic carbocycles. The molecule has 1 aliphatic heterocycles. The van der Waals surface area contributed by atoms with E-state index in [0.717, 1.165) is 29.1 Å². The van der Waals surface area contributed by atoms with Gasteiger partial charge in [0.25, 0.3) is 0 Å². The SMILES string of the molecule is Cc1ccccc1C1CC(=O)C2=C(C1)Nc1ccccc1N=C2. The molecule has 0 saturated heterocycles. The van der Waals surface area contributed by atoms with Crippen LogP contribution in [0.15, 0.2) is 64.8 Å². The topological polar surface area (TPSA) is 41.5 Å². The monoisotopic (exact) mass is 302 g/mol. The molecule has 4 rings (SSSR count). The average Bonchev–Trinajstić information content (AvgIpc) is 2.74. The number of hydrogen-bond acceptors (Lipinski definition) is 3. The lowest BCUT2D eigenvalue weighted by atomic mass is 9.80. The van der Waals surface area contributed by atoms with E-state index in [2.05, 4.69) is 29.4 Å². The van der Waals surface area contributed by atoms with Crippen LogP contribution in [-0.4, -0.2) is 12.0 Å². The van der Waals surface area contributed by atoms with Crippen LogP contribution in [0.5, 0.6) is 0 Å². The van der Waals surface area contributed by atoms with Crippen LogP contribution in [0.3, 0.4) is 0 Å². The number of nitrogens with one attached hydrogen (secondary N) is 1. The van der Waals surface area contributed by atoms with Gasteiger partial charge in [-0.15, -0.1) is 0 Å². The minimum absolute atomic E-state index is 0.170. The molecule has 3 nitrogen and oxygen atoms in total. The Morgan fingerprint density at radius 1 is 1.04 bits per heavy atom. The molecule has 0 spiro atoms. The molecule has 114 valence electrons. The highest BCUT2D eigenvalue weighted by atomic mass is 16.1. The number of nitrogens with zero attached hydrogens (tertiary/aromatic N) is 1. The number of benzene rings is 2. The van der Waals surface area contributed by atoms with Gasteiger partial charge in [0, 0.05) is 18.3 Å². The van der Waals surface area contributed by atoms with Gasteiger partial charge in [0.05, 0.1) is 16.9 Å².